The van der Waals surface area contributed by atoms with E-state index >= 15 is 0 Å². The predicted molar refractivity (Wildman–Crippen MR) is 108 cm³/mol. The monoisotopic (exact) mass is 417 g/mol. The first-order valence-electron chi connectivity index (χ1n) is 9.42. The van der Waals surface area contributed by atoms with Gasteiger partial charge in [0.25, 0.3) is 0 Å². The van der Waals surface area contributed by atoms with Crippen LogP contribution in [0, 0.1) is 5.92 Å². The number of nitrogens with zero attached hydrogens (tertiary/aromatic N) is 2. The van der Waals surface area contributed by atoms with E-state index in [2.05, 4.69) is 15.3 Å². The zero-order chi connectivity index (χ0) is 21.6. The summed E-state index contributed by atoms with van der Waals surface area (Å²) in [7, 11) is 0. The van der Waals surface area contributed by atoms with E-state index in [1.54, 1.807) is 24.3 Å². The molecule has 30 heavy (non-hydrogen) atoms. The second kappa shape index (κ2) is 9.47. The molecule has 1 N–H and O–H groups in total. The lowest BCUT2D eigenvalue weighted by Crippen LogP contribution is -2.13. The third-order valence-electron chi connectivity index (χ3n) is 4.00. The van der Waals surface area contributed by atoms with Crippen LogP contribution in [0.1, 0.15) is 25.0 Å². The van der Waals surface area contributed by atoms with Crippen molar-refractivity contribution < 1.29 is 22.6 Å². The molecule has 2 aromatic carbocycles. The molecule has 8 heteroatoms. The van der Waals surface area contributed by atoms with Crippen molar-refractivity contribution in [1.82, 2.24) is 9.97 Å². The Morgan fingerprint density at radius 2 is 1.67 bits per heavy atom. The van der Waals surface area contributed by atoms with Gasteiger partial charge in [0.1, 0.15) is 23.7 Å². The molecule has 0 saturated heterocycles. The highest BCUT2D eigenvalue weighted by molar-refractivity contribution is 5.66. The number of rotatable bonds is 8. The van der Waals surface area contributed by atoms with Crippen LogP contribution in [0.3, 0.4) is 0 Å². The molecule has 158 valence electrons. The minimum atomic E-state index is -4.63. The summed E-state index contributed by atoms with van der Waals surface area (Å²) in [6, 6.07) is 15.8. The Balaban J connectivity index is 1.86. The first kappa shape index (κ1) is 21.4. The van der Waals surface area contributed by atoms with Gasteiger partial charge in [0.2, 0.25) is 0 Å². The third kappa shape index (κ3) is 5.85. The average Bonchev–Trinajstić information content (AvgIpc) is 2.71. The molecule has 3 aromatic rings. The predicted octanol–water partition coefficient (Wildman–Crippen LogP) is 5.85. The van der Waals surface area contributed by atoms with Crippen LogP contribution in [0.5, 0.6) is 11.8 Å². The molecule has 0 saturated carbocycles. The van der Waals surface area contributed by atoms with Crippen LogP contribution in [-0.4, -0.2) is 16.6 Å². The van der Waals surface area contributed by atoms with Crippen molar-refractivity contribution in [3.63, 3.8) is 0 Å². The highest BCUT2D eigenvalue weighted by Crippen LogP contribution is 2.37. The van der Waals surface area contributed by atoms with Crippen LogP contribution in [0.15, 0.2) is 60.8 Å². The molecule has 5 nitrogen and oxygen atoms in total. The molecular weight excluding hydrogens is 395 g/mol. The van der Waals surface area contributed by atoms with Gasteiger partial charge in [-0.1, -0.05) is 56.3 Å². The summed E-state index contributed by atoms with van der Waals surface area (Å²) < 4.78 is 51.7. The Morgan fingerprint density at radius 1 is 0.967 bits per heavy atom. The lowest BCUT2D eigenvalue weighted by molar-refractivity contribution is -0.137. The largest absolute Gasteiger partial charge is 0.491 e. The van der Waals surface area contributed by atoms with Crippen molar-refractivity contribution in [3.8, 4) is 11.8 Å². The lowest BCUT2D eigenvalue weighted by Gasteiger charge is -2.17. The van der Waals surface area contributed by atoms with E-state index in [9.17, 15) is 13.2 Å². The van der Waals surface area contributed by atoms with E-state index in [0.717, 1.165) is 5.56 Å². The summed E-state index contributed by atoms with van der Waals surface area (Å²) in [4.78, 5) is 7.69. The number of nitrogens with one attached hydrogen (secondary N) is 1. The highest BCUT2D eigenvalue weighted by atomic mass is 19.4. The molecule has 1 heterocycles. The fourth-order valence-electron chi connectivity index (χ4n) is 2.54. The van der Waals surface area contributed by atoms with Gasteiger partial charge < -0.3 is 14.8 Å². The van der Waals surface area contributed by atoms with Gasteiger partial charge in [0, 0.05) is 6.20 Å². The maximum atomic E-state index is 13.5. The normalized spacial score (nSPS) is 11.4. The summed E-state index contributed by atoms with van der Waals surface area (Å²) >= 11 is 0. The van der Waals surface area contributed by atoms with Gasteiger partial charge in [-0.05, 0) is 23.6 Å². The second-order valence-electron chi connectivity index (χ2n) is 7.01. The number of para-hydroxylation sites is 2. The maximum Gasteiger partial charge on any atom is 0.421 e. The number of halogens is 3. The standard InChI is InChI=1S/C22H22F3N3O2/c1-15(2)13-29-19-11-7-6-10-18(19)27-20-17(22(23,24)25)12-26-21(28-20)30-14-16-8-4-3-5-9-16/h3-12,15H,13-14H2,1-2H3,(H,26,27,28). The van der Waals surface area contributed by atoms with Crippen molar-refractivity contribution in [3.05, 3.63) is 71.9 Å². The molecular formula is C22H22F3N3O2. The van der Waals surface area contributed by atoms with E-state index in [0.29, 0.717) is 24.2 Å². The van der Waals surface area contributed by atoms with Crippen molar-refractivity contribution in [1.29, 1.82) is 0 Å². The first-order chi connectivity index (χ1) is 14.3. The fraction of sp³-hybridized carbons (Fsp3) is 0.273. The smallest absolute Gasteiger partial charge is 0.421 e. The zero-order valence-electron chi connectivity index (χ0n) is 16.6. The number of hydrogen-bond acceptors (Lipinski definition) is 5. The molecule has 0 amide bonds. The third-order valence-corrected chi connectivity index (χ3v) is 4.00. The number of alkyl halides is 3. The maximum absolute atomic E-state index is 13.5. The van der Waals surface area contributed by atoms with Crippen LogP contribution < -0.4 is 14.8 Å². The van der Waals surface area contributed by atoms with Gasteiger partial charge >= 0.3 is 12.2 Å². The van der Waals surface area contributed by atoms with E-state index in [-0.39, 0.29) is 18.5 Å². The van der Waals surface area contributed by atoms with E-state index in [1.165, 1.54) is 0 Å². The van der Waals surface area contributed by atoms with Crippen LogP contribution in [-0.2, 0) is 12.8 Å². The summed E-state index contributed by atoms with van der Waals surface area (Å²) in [6.07, 6.45) is -3.92. The molecule has 0 unspecified atom stereocenters. The van der Waals surface area contributed by atoms with Crippen LogP contribution >= 0.6 is 0 Å². The molecule has 1 aromatic heterocycles. The Labute approximate surface area is 172 Å². The minimum absolute atomic E-state index is 0.139. The van der Waals surface area contributed by atoms with E-state index in [1.807, 2.05) is 44.2 Å². The number of ether oxygens (including phenoxy) is 2. The number of benzene rings is 2. The molecule has 0 spiro atoms. The molecule has 0 bridgehead atoms. The van der Waals surface area contributed by atoms with E-state index < -0.39 is 17.6 Å². The van der Waals surface area contributed by atoms with E-state index in [4.69, 9.17) is 9.47 Å². The van der Waals surface area contributed by atoms with Gasteiger partial charge in [-0.25, -0.2) is 4.98 Å². The summed E-state index contributed by atoms with van der Waals surface area (Å²) in [5.41, 5.74) is 0.229. The molecule has 0 radical (unpaired) electrons. The fourth-order valence-corrected chi connectivity index (χ4v) is 2.54. The Kier molecular flexibility index (Phi) is 6.76. The van der Waals surface area contributed by atoms with Gasteiger partial charge in [0.05, 0.1) is 12.3 Å². The second-order valence-corrected chi connectivity index (χ2v) is 7.01. The SMILES string of the molecule is CC(C)COc1ccccc1Nc1nc(OCc2ccccc2)ncc1C(F)(F)F. The topological polar surface area (TPSA) is 56.3 Å². The molecule has 3 rings (SSSR count). The van der Waals surface area contributed by atoms with Gasteiger partial charge in [-0.15, -0.1) is 0 Å². The van der Waals surface area contributed by atoms with Crippen LogP contribution in [0.2, 0.25) is 0 Å². The lowest BCUT2D eigenvalue weighted by atomic mass is 10.2. The van der Waals surface area contributed by atoms with Gasteiger partial charge in [-0.2, -0.15) is 18.2 Å². The van der Waals surface area contributed by atoms with Crippen molar-refractivity contribution in [2.24, 2.45) is 5.92 Å². The van der Waals surface area contributed by atoms with Gasteiger partial charge in [0.15, 0.2) is 0 Å². The van der Waals surface area contributed by atoms with Crippen molar-refractivity contribution in [2.75, 3.05) is 11.9 Å². The van der Waals surface area contributed by atoms with Gasteiger partial charge in [-0.3, -0.25) is 0 Å². The summed E-state index contributed by atoms with van der Waals surface area (Å²) in [6.45, 7) is 4.54. The number of anilines is 2. The van der Waals surface area contributed by atoms with Crippen molar-refractivity contribution >= 4 is 11.5 Å². The number of aromatic nitrogens is 2. The highest BCUT2D eigenvalue weighted by Gasteiger charge is 2.35. The summed E-state index contributed by atoms with van der Waals surface area (Å²) in [5, 5.41) is 2.73. The average molecular weight is 417 g/mol. The molecule has 0 atom stereocenters. The molecule has 0 aliphatic carbocycles. The van der Waals surface area contributed by atoms with Crippen LogP contribution in [0.4, 0.5) is 24.7 Å². The van der Waals surface area contributed by atoms with Crippen molar-refractivity contribution in [2.45, 2.75) is 26.6 Å². The Bertz CT molecular complexity index is 963. The first-order valence-corrected chi connectivity index (χ1v) is 9.42. The molecule has 0 aliphatic heterocycles. The zero-order valence-corrected chi connectivity index (χ0v) is 16.6. The quantitative estimate of drug-likeness (QED) is 0.498. The molecule has 0 aliphatic rings. The Hall–Kier alpha value is -3.29. The molecule has 0 fully saturated rings. The number of hydrogen-bond donors (Lipinski definition) is 1. The Morgan fingerprint density at radius 3 is 2.37 bits per heavy atom. The minimum Gasteiger partial charge on any atom is -0.491 e. The summed E-state index contributed by atoms with van der Waals surface area (Å²) in [5.74, 6) is 0.298. The van der Waals surface area contributed by atoms with Crippen LogP contribution in [0.25, 0.3) is 0 Å².